The fourth-order valence-electron chi connectivity index (χ4n) is 4.88. The first-order chi connectivity index (χ1) is 19.8. The van der Waals surface area contributed by atoms with Gasteiger partial charge in [-0.1, -0.05) is 103 Å². The third kappa shape index (κ3) is 6.47. The van der Waals surface area contributed by atoms with Crippen LogP contribution in [0.3, 0.4) is 0 Å². The molecule has 0 aromatic heterocycles. The van der Waals surface area contributed by atoms with E-state index >= 15 is 0 Å². The maximum absolute atomic E-state index is 6.57. The summed E-state index contributed by atoms with van der Waals surface area (Å²) >= 11 is 0. The van der Waals surface area contributed by atoms with Gasteiger partial charge in [0.2, 0.25) is 0 Å². The molecule has 4 heteroatoms. The van der Waals surface area contributed by atoms with Gasteiger partial charge in [-0.2, -0.15) is 0 Å². The van der Waals surface area contributed by atoms with Crippen LogP contribution in [0.15, 0.2) is 127 Å². The summed E-state index contributed by atoms with van der Waals surface area (Å²) in [5, 5.41) is 0. The molecule has 1 unspecified atom stereocenters. The van der Waals surface area contributed by atoms with Crippen LogP contribution in [-0.4, -0.2) is 0 Å². The van der Waals surface area contributed by atoms with Gasteiger partial charge in [-0.05, 0) is 47.2 Å². The summed E-state index contributed by atoms with van der Waals surface area (Å²) in [4.78, 5) is 0. The zero-order valence-electron chi connectivity index (χ0n) is 22.4. The highest BCUT2D eigenvalue weighted by molar-refractivity contribution is 5.52. The van der Waals surface area contributed by atoms with E-state index in [4.69, 9.17) is 18.9 Å². The topological polar surface area (TPSA) is 36.9 Å². The molecule has 1 aliphatic heterocycles. The van der Waals surface area contributed by atoms with Gasteiger partial charge in [-0.3, -0.25) is 0 Å². The normalized spacial score (nSPS) is 14.1. The number of hydrogen-bond acceptors (Lipinski definition) is 4. The minimum absolute atomic E-state index is 0.0537. The van der Waals surface area contributed by atoms with E-state index in [0.717, 1.165) is 63.7 Å². The van der Waals surface area contributed by atoms with Crippen LogP contribution >= 0.6 is 0 Å². The number of fused-ring (bicyclic) bond motifs is 1. The summed E-state index contributed by atoms with van der Waals surface area (Å²) in [7, 11) is 0. The Labute approximate surface area is 235 Å². The van der Waals surface area contributed by atoms with Crippen molar-refractivity contribution in [3.8, 4) is 23.0 Å². The molecule has 5 aromatic carbocycles. The molecule has 1 atom stereocenters. The first kappa shape index (κ1) is 25.6. The standard InChI is InChI=1S/C36H32O4/c1-4-10-27(11-5-1)24-37-31-18-16-30(17-19-31)34-21-20-33-35(39-26-29-14-8-3-9-15-29)22-32(23-36(33)40-34)38-25-28-12-6-2-7-13-28/h1-19,22-23,34H,20-21,24-26H2. The third-order valence-corrected chi connectivity index (χ3v) is 7.05. The van der Waals surface area contributed by atoms with Crippen LogP contribution in [0.4, 0.5) is 0 Å². The highest BCUT2D eigenvalue weighted by Gasteiger charge is 2.25. The SMILES string of the molecule is c1ccc(COc2ccc(C3CCc4c(OCc5ccccc5)cc(OCc5ccccc5)cc4O3)cc2)cc1. The van der Waals surface area contributed by atoms with Crippen molar-refractivity contribution in [2.24, 2.45) is 0 Å². The van der Waals surface area contributed by atoms with Gasteiger partial charge in [-0.25, -0.2) is 0 Å². The Kier molecular flexibility index (Phi) is 7.95. The fraction of sp³-hybridized carbons (Fsp3) is 0.167. The molecule has 40 heavy (non-hydrogen) atoms. The molecule has 0 spiro atoms. The van der Waals surface area contributed by atoms with Gasteiger partial charge in [0.1, 0.15) is 48.9 Å². The average molecular weight is 529 g/mol. The lowest BCUT2D eigenvalue weighted by Crippen LogP contribution is -2.16. The molecule has 0 bridgehead atoms. The van der Waals surface area contributed by atoms with Crippen LogP contribution in [0.5, 0.6) is 23.0 Å². The highest BCUT2D eigenvalue weighted by atomic mass is 16.5. The van der Waals surface area contributed by atoms with Crippen molar-refractivity contribution in [3.05, 3.63) is 155 Å². The molecular formula is C36H32O4. The van der Waals surface area contributed by atoms with E-state index < -0.39 is 0 Å². The minimum atomic E-state index is -0.0537. The van der Waals surface area contributed by atoms with Crippen molar-refractivity contribution >= 4 is 0 Å². The number of ether oxygens (including phenoxy) is 4. The van der Waals surface area contributed by atoms with Crippen LogP contribution < -0.4 is 18.9 Å². The van der Waals surface area contributed by atoms with Crippen molar-refractivity contribution in [2.75, 3.05) is 0 Å². The summed E-state index contributed by atoms with van der Waals surface area (Å²) in [6.45, 7) is 1.51. The quantitative estimate of drug-likeness (QED) is 0.182. The molecule has 4 nitrogen and oxygen atoms in total. The zero-order valence-corrected chi connectivity index (χ0v) is 22.4. The first-order valence-corrected chi connectivity index (χ1v) is 13.7. The molecule has 0 amide bonds. The molecule has 1 heterocycles. The highest BCUT2D eigenvalue weighted by Crippen LogP contribution is 2.43. The van der Waals surface area contributed by atoms with Crippen molar-refractivity contribution < 1.29 is 18.9 Å². The van der Waals surface area contributed by atoms with Crippen LogP contribution in [0.25, 0.3) is 0 Å². The van der Waals surface area contributed by atoms with Crippen molar-refractivity contribution in [1.82, 2.24) is 0 Å². The monoisotopic (exact) mass is 528 g/mol. The minimum Gasteiger partial charge on any atom is -0.489 e. The smallest absolute Gasteiger partial charge is 0.130 e. The molecular weight excluding hydrogens is 496 g/mol. The Balaban J connectivity index is 1.18. The Morgan fingerprint density at radius 3 is 1.65 bits per heavy atom. The van der Waals surface area contributed by atoms with Gasteiger partial charge < -0.3 is 18.9 Å². The fourth-order valence-corrected chi connectivity index (χ4v) is 4.88. The summed E-state index contributed by atoms with van der Waals surface area (Å²) in [5.41, 5.74) is 5.59. The van der Waals surface area contributed by atoms with Crippen molar-refractivity contribution in [3.63, 3.8) is 0 Å². The maximum atomic E-state index is 6.57. The van der Waals surface area contributed by atoms with Gasteiger partial charge in [0, 0.05) is 17.7 Å². The van der Waals surface area contributed by atoms with Gasteiger partial charge in [0.15, 0.2) is 0 Å². The van der Waals surface area contributed by atoms with Crippen LogP contribution in [0.2, 0.25) is 0 Å². The van der Waals surface area contributed by atoms with Crippen molar-refractivity contribution in [2.45, 2.75) is 38.8 Å². The Bertz CT molecular complexity index is 1500. The Hall–Kier alpha value is -4.70. The van der Waals surface area contributed by atoms with Crippen molar-refractivity contribution in [1.29, 1.82) is 0 Å². The van der Waals surface area contributed by atoms with Crippen LogP contribution in [0.1, 0.15) is 40.3 Å². The predicted octanol–water partition coefficient (Wildman–Crippen LogP) is 8.49. The van der Waals surface area contributed by atoms with E-state index in [9.17, 15) is 0 Å². The molecule has 0 saturated heterocycles. The number of benzene rings is 5. The Morgan fingerprint density at radius 2 is 1.07 bits per heavy atom. The lowest BCUT2D eigenvalue weighted by molar-refractivity contribution is 0.171. The molecule has 0 saturated carbocycles. The van der Waals surface area contributed by atoms with E-state index in [1.807, 2.05) is 78.9 Å². The van der Waals surface area contributed by atoms with Gasteiger partial charge >= 0.3 is 0 Å². The molecule has 0 radical (unpaired) electrons. The summed E-state index contributed by atoms with van der Waals surface area (Å²) < 4.78 is 25.1. The molecule has 0 fully saturated rings. The maximum Gasteiger partial charge on any atom is 0.130 e. The molecule has 200 valence electrons. The molecule has 0 N–H and O–H groups in total. The summed E-state index contributed by atoms with van der Waals surface area (Å²) in [5.74, 6) is 3.20. The van der Waals surface area contributed by atoms with E-state index in [1.165, 1.54) is 0 Å². The third-order valence-electron chi connectivity index (χ3n) is 7.05. The van der Waals surface area contributed by atoms with Gasteiger partial charge in [-0.15, -0.1) is 0 Å². The van der Waals surface area contributed by atoms with Gasteiger partial charge in [0.05, 0.1) is 0 Å². The predicted molar refractivity (Wildman–Crippen MR) is 157 cm³/mol. The second-order valence-electron chi connectivity index (χ2n) is 9.94. The summed E-state index contributed by atoms with van der Waals surface area (Å²) in [6, 6.07) is 42.8. The zero-order chi connectivity index (χ0) is 27.0. The Morgan fingerprint density at radius 1 is 0.550 bits per heavy atom. The lowest BCUT2D eigenvalue weighted by Gasteiger charge is -2.28. The molecule has 0 aliphatic carbocycles. The second-order valence-corrected chi connectivity index (χ2v) is 9.94. The largest absolute Gasteiger partial charge is 0.489 e. The van der Waals surface area contributed by atoms with Crippen LogP contribution in [0, 0.1) is 0 Å². The molecule has 5 aromatic rings. The van der Waals surface area contributed by atoms with E-state index in [-0.39, 0.29) is 6.10 Å². The van der Waals surface area contributed by atoms with E-state index in [0.29, 0.717) is 19.8 Å². The lowest BCUT2D eigenvalue weighted by atomic mass is 9.96. The van der Waals surface area contributed by atoms with Crippen LogP contribution in [-0.2, 0) is 26.2 Å². The van der Waals surface area contributed by atoms with Gasteiger partial charge in [0.25, 0.3) is 0 Å². The van der Waals surface area contributed by atoms with E-state index in [2.05, 4.69) is 48.5 Å². The molecule has 1 aliphatic rings. The first-order valence-electron chi connectivity index (χ1n) is 13.7. The second kappa shape index (κ2) is 12.4. The summed E-state index contributed by atoms with van der Waals surface area (Å²) in [6.07, 6.45) is 1.67. The average Bonchev–Trinajstić information content (AvgIpc) is 3.03. The van der Waals surface area contributed by atoms with E-state index in [1.54, 1.807) is 0 Å². The number of rotatable bonds is 10. The number of hydrogen-bond donors (Lipinski definition) is 0. The molecule has 6 rings (SSSR count).